The van der Waals surface area contributed by atoms with Crippen molar-refractivity contribution in [3.63, 3.8) is 0 Å². The van der Waals surface area contributed by atoms with Crippen molar-refractivity contribution < 1.29 is 0 Å². The quantitative estimate of drug-likeness (QED) is 0.559. The second-order valence-electron chi connectivity index (χ2n) is 5.86. The molecule has 4 aliphatic rings. The molecule has 0 fully saturated rings. The summed E-state index contributed by atoms with van der Waals surface area (Å²) < 4.78 is 0. The zero-order valence-corrected chi connectivity index (χ0v) is 12.6. The van der Waals surface area contributed by atoms with Crippen molar-refractivity contribution in [1.82, 2.24) is 0 Å². The predicted octanol–water partition coefficient (Wildman–Crippen LogP) is 5.65. The van der Waals surface area contributed by atoms with E-state index in [4.69, 9.17) is 0 Å². The van der Waals surface area contributed by atoms with Crippen molar-refractivity contribution in [2.75, 3.05) is 4.90 Å². The maximum atomic E-state index is 2.31. The summed E-state index contributed by atoms with van der Waals surface area (Å²) in [5.74, 6) is 0. The molecule has 4 bridgehead atoms. The summed E-state index contributed by atoms with van der Waals surface area (Å²) in [6.45, 7) is 0. The Bertz CT molecular complexity index is 695. The Balaban J connectivity index is 1.89. The molecule has 0 atom stereocenters. The predicted molar refractivity (Wildman–Crippen MR) is 93.2 cm³/mol. The summed E-state index contributed by atoms with van der Waals surface area (Å²) in [5.41, 5.74) is 6.46. The van der Waals surface area contributed by atoms with Gasteiger partial charge in [-0.2, -0.15) is 0 Å². The maximum absolute atomic E-state index is 2.31. The lowest BCUT2D eigenvalue weighted by molar-refractivity contribution is 0.820. The van der Waals surface area contributed by atoms with Crippen LogP contribution in [-0.4, -0.2) is 0 Å². The van der Waals surface area contributed by atoms with Gasteiger partial charge in [-0.05, 0) is 66.8 Å². The first-order valence-electron chi connectivity index (χ1n) is 7.93. The Morgan fingerprint density at radius 3 is 1.45 bits per heavy atom. The molecule has 3 aromatic carbocycles. The Morgan fingerprint density at radius 2 is 0.955 bits per heavy atom. The Labute approximate surface area is 131 Å². The van der Waals surface area contributed by atoms with Gasteiger partial charge in [0.1, 0.15) is 0 Å². The summed E-state index contributed by atoms with van der Waals surface area (Å²) in [6.07, 6.45) is 3.50. The van der Waals surface area contributed by atoms with Crippen LogP contribution in [0.2, 0.25) is 0 Å². The fraction of sp³-hybridized carbons (Fsp3) is 0.143. The van der Waals surface area contributed by atoms with Crippen LogP contribution in [0.25, 0.3) is 0 Å². The van der Waals surface area contributed by atoms with Gasteiger partial charge >= 0.3 is 0 Å². The minimum atomic E-state index is 1.15. The molecule has 1 nitrogen and oxygen atoms in total. The fourth-order valence-corrected chi connectivity index (χ4v) is 3.14. The van der Waals surface area contributed by atoms with Gasteiger partial charge in [0.05, 0.1) is 0 Å². The normalized spacial score (nSPS) is 13.7. The summed E-state index contributed by atoms with van der Waals surface area (Å²) in [5, 5.41) is 0. The highest BCUT2D eigenvalue weighted by atomic mass is 15.1. The third kappa shape index (κ3) is 2.50. The second kappa shape index (κ2) is 5.69. The van der Waals surface area contributed by atoms with E-state index < -0.39 is 0 Å². The first-order chi connectivity index (χ1) is 10.9. The molecule has 3 aromatic rings. The second-order valence-corrected chi connectivity index (χ2v) is 5.86. The van der Waals surface area contributed by atoms with Gasteiger partial charge in [-0.25, -0.2) is 0 Å². The lowest BCUT2D eigenvalue weighted by Gasteiger charge is -2.26. The van der Waals surface area contributed by atoms with Gasteiger partial charge in [0.25, 0.3) is 0 Å². The average molecular weight is 285 g/mol. The van der Waals surface area contributed by atoms with E-state index in [1.54, 1.807) is 0 Å². The number of nitrogens with zero attached hydrogens (tertiary/aromatic N) is 1. The van der Waals surface area contributed by atoms with Gasteiger partial charge in [0, 0.05) is 17.1 Å². The van der Waals surface area contributed by atoms with Gasteiger partial charge in [-0.1, -0.05) is 42.5 Å². The smallest absolute Gasteiger partial charge is 0.0461 e. The third-order valence-corrected chi connectivity index (χ3v) is 4.33. The van der Waals surface area contributed by atoms with Crippen molar-refractivity contribution >= 4 is 17.1 Å². The molecular formula is C21H19N. The number of hydrogen-bond donors (Lipinski definition) is 0. The monoisotopic (exact) mass is 285 g/mol. The van der Waals surface area contributed by atoms with E-state index >= 15 is 0 Å². The molecule has 0 aromatic heterocycles. The number of hydrogen-bond acceptors (Lipinski definition) is 1. The highest BCUT2D eigenvalue weighted by Crippen LogP contribution is 2.35. The molecule has 7 rings (SSSR count). The van der Waals surface area contributed by atoms with Crippen LogP contribution in [0, 0.1) is 0 Å². The standard InChI is InChI=1S/C21H19N/c1-2-7-19(8-3-1)22-20-13-9-17(10-14-20)5-4-6-18-11-15-21(22)16-12-18/h1-3,7-16H,4-6H2. The molecule has 0 radical (unpaired) electrons. The van der Waals surface area contributed by atoms with Crippen LogP contribution in [-0.2, 0) is 12.8 Å². The molecule has 0 unspecified atom stereocenters. The molecule has 1 heteroatoms. The molecule has 22 heavy (non-hydrogen) atoms. The number of anilines is 3. The molecule has 0 amide bonds. The van der Waals surface area contributed by atoms with Gasteiger partial charge < -0.3 is 4.90 Å². The van der Waals surface area contributed by atoms with Crippen LogP contribution in [0.3, 0.4) is 0 Å². The van der Waals surface area contributed by atoms with Crippen LogP contribution in [0.5, 0.6) is 0 Å². The van der Waals surface area contributed by atoms with Crippen molar-refractivity contribution in [2.45, 2.75) is 19.3 Å². The van der Waals surface area contributed by atoms with E-state index in [1.165, 1.54) is 34.6 Å². The Kier molecular flexibility index (Phi) is 3.40. The number of para-hydroxylation sites is 1. The zero-order chi connectivity index (χ0) is 14.8. The zero-order valence-electron chi connectivity index (χ0n) is 12.6. The van der Waals surface area contributed by atoms with E-state index in [9.17, 15) is 0 Å². The number of rotatable bonds is 1. The fourth-order valence-electron chi connectivity index (χ4n) is 3.14. The van der Waals surface area contributed by atoms with Crippen LogP contribution < -0.4 is 4.90 Å². The minimum absolute atomic E-state index is 1.15. The minimum Gasteiger partial charge on any atom is -0.311 e. The highest BCUT2D eigenvalue weighted by Gasteiger charge is 2.12. The molecular weight excluding hydrogens is 266 g/mol. The molecule has 108 valence electrons. The van der Waals surface area contributed by atoms with Crippen molar-refractivity contribution in [3.8, 4) is 0 Å². The van der Waals surface area contributed by atoms with Gasteiger partial charge in [-0.3, -0.25) is 0 Å². The molecule has 0 saturated heterocycles. The first kappa shape index (κ1) is 13.1. The van der Waals surface area contributed by atoms with Gasteiger partial charge in [0.15, 0.2) is 0 Å². The van der Waals surface area contributed by atoms with E-state index in [-0.39, 0.29) is 0 Å². The van der Waals surface area contributed by atoms with Crippen molar-refractivity contribution in [2.24, 2.45) is 0 Å². The van der Waals surface area contributed by atoms with Crippen molar-refractivity contribution in [1.29, 1.82) is 0 Å². The average Bonchev–Trinajstić information content (AvgIpc) is 2.57. The summed E-state index contributed by atoms with van der Waals surface area (Å²) in [6, 6.07) is 28.6. The topological polar surface area (TPSA) is 3.24 Å². The summed E-state index contributed by atoms with van der Waals surface area (Å²) >= 11 is 0. The van der Waals surface area contributed by atoms with Gasteiger partial charge in [0.2, 0.25) is 0 Å². The first-order valence-corrected chi connectivity index (χ1v) is 7.93. The number of benzene rings is 3. The molecule has 0 N–H and O–H groups in total. The lowest BCUT2D eigenvalue weighted by Crippen LogP contribution is -2.10. The molecule has 4 aliphatic heterocycles. The van der Waals surface area contributed by atoms with E-state index in [2.05, 4.69) is 83.8 Å². The molecule has 0 spiro atoms. The van der Waals surface area contributed by atoms with Crippen LogP contribution in [0.15, 0.2) is 78.9 Å². The molecule has 4 heterocycles. The van der Waals surface area contributed by atoms with Crippen LogP contribution >= 0.6 is 0 Å². The lowest BCUT2D eigenvalue weighted by atomic mass is 10.0. The Morgan fingerprint density at radius 1 is 0.500 bits per heavy atom. The van der Waals surface area contributed by atoms with E-state index in [0.29, 0.717) is 0 Å². The van der Waals surface area contributed by atoms with Crippen LogP contribution in [0.1, 0.15) is 17.5 Å². The number of aryl methyl sites for hydroxylation is 2. The molecule has 0 aliphatic carbocycles. The summed E-state index contributed by atoms with van der Waals surface area (Å²) in [7, 11) is 0. The third-order valence-electron chi connectivity index (χ3n) is 4.33. The summed E-state index contributed by atoms with van der Waals surface area (Å²) in [4.78, 5) is 2.31. The van der Waals surface area contributed by atoms with Gasteiger partial charge in [-0.15, -0.1) is 0 Å². The van der Waals surface area contributed by atoms with E-state index in [0.717, 1.165) is 12.8 Å². The maximum Gasteiger partial charge on any atom is 0.0461 e. The van der Waals surface area contributed by atoms with Crippen molar-refractivity contribution in [3.05, 3.63) is 90.0 Å². The highest BCUT2D eigenvalue weighted by molar-refractivity contribution is 5.76. The van der Waals surface area contributed by atoms with Crippen LogP contribution in [0.4, 0.5) is 17.1 Å². The molecule has 0 saturated carbocycles. The van der Waals surface area contributed by atoms with E-state index in [1.807, 2.05) is 0 Å². The largest absolute Gasteiger partial charge is 0.311 e. The SMILES string of the molecule is c1ccc(N2c3ccc(cc3)CCCc3ccc2cc3)cc1. The Hall–Kier alpha value is -2.54.